The van der Waals surface area contributed by atoms with Crippen molar-refractivity contribution in [3.05, 3.63) is 24.0 Å². The second-order valence-electron chi connectivity index (χ2n) is 3.98. The van der Waals surface area contributed by atoms with Gasteiger partial charge in [0.2, 0.25) is 0 Å². The minimum absolute atomic E-state index is 0.212. The number of rotatable bonds is 1. The fourth-order valence-corrected chi connectivity index (χ4v) is 3.28. The molecule has 0 saturated carbocycles. The number of nitrogens with zero attached hydrogens (tertiary/aromatic N) is 2. The topological polar surface area (TPSA) is 27.0 Å². The van der Waals surface area contributed by atoms with Crippen LogP contribution in [0.3, 0.4) is 0 Å². The summed E-state index contributed by atoms with van der Waals surface area (Å²) in [6.45, 7) is 2.10. The van der Waals surface area contributed by atoms with Crippen LogP contribution < -0.4 is 4.90 Å². The van der Waals surface area contributed by atoms with Crippen molar-refractivity contribution in [3.63, 3.8) is 0 Å². The molecule has 1 aliphatic heterocycles. The van der Waals surface area contributed by atoms with Crippen LogP contribution in [0.1, 0.15) is 13.3 Å². The Morgan fingerprint density at radius 1 is 1.56 bits per heavy atom. The first kappa shape index (κ1) is 11.3. The zero-order valence-corrected chi connectivity index (χ0v) is 10.1. The van der Waals surface area contributed by atoms with Gasteiger partial charge in [0.15, 0.2) is 0 Å². The van der Waals surface area contributed by atoms with Gasteiger partial charge in [-0.15, -0.1) is 11.8 Å². The molecule has 1 aromatic rings. The number of thioether (sulfide) groups is 1. The lowest BCUT2D eigenvalue weighted by Crippen LogP contribution is -2.40. The zero-order chi connectivity index (χ0) is 11.7. The highest BCUT2D eigenvalue weighted by molar-refractivity contribution is 8.00. The highest BCUT2D eigenvalue weighted by Crippen LogP contribution is 2.42. The Bertz CT molecular complexity index is 441. The summed E-state index contributed by atoms with van der Waals surface area (Å²) < 4.78 is 13.1. The Morgan fingerprint density at radius 2 is 2.31 bits per heavy atom. The molecule has 0 aliphatic carbocycles. The molecule has 0 N–H and O–H groups in total. The monoisotopic (exact) mass is 236 g/mol. The summed E-state index contributed by atoms with van der Waals surface area (Å²) in [6, 6.07) is 7.32. The van der Waals surface area contributed by atoms with Crippen LogP contribution in [0.5, 0.6) is 0 Å². The van der Waals surface area contributed by atoms with Gasteiger partial charge in [-0.1, -0.05) is 0 Å². The maximum atomic E-state index is 13.1. The summed E-state index contributed by atoms with van der Waals surface area (Å²) in [6.07, 6.45) is 0.492. The van der Waals surface area contributed by atoms with E-state index in [4.69, 9.17) is 5.26 Å². The first-order chi connectivity index (χ1) is 7.63. The highest BCUT2D eigenvalue weighted by Gasteiger charge is 2.29. The van der Waals surface area contributed by atoms with Gasteiger partial charge in [-0.25, -0.2) is 4.39 Å². The lowest BCUT2D eigenvalue weighted by atomic mass is 10.1. The largest absolute Gasteiger partial charge is 0.370 e. The molecule has 2 atom stereocenters. The lowest BCUT2D eigenvalue weighted by molar-refractivity contribution is 0.613. The fourth-order valence-electron chi connectivity index (χ4n) is 1.91. The SMILES string of the molecule is CC1C(CC#N)Sc2cc(F)ccc2N1C. The van der Waals surface area contributed by atoms with Crippen molar-refractivity contribution in [2.24, 2.45) is 0 Å². The van der Waals surface area contributed by atoms with E-state index in [1.54, 1.807) is 23.9 Å². The lowest BCUT2D eigenvalue weighted by Gasteiger charge is -2.38. The minimum atomic E-state index is -0.218. The van der Waals surface area contributed by atoms with Gasteiger partial charge in [-0.05, 0) is 25.1 Å². The highest BCUT2D eigenvalue weighted by atomic mass is 32.2. The zero-order valence-electron chi connectivity index (χ0n) is 9.27. The Balaban J connectivity index is 2.37. The summed E-state index contributed by atoms with van der Waals surface area (Å²) >= 11 is 1.60. The van der Waals surface area contributed by atoms with Crippen LogP contribution in [0.25, 0.3) is 0 Å². The van der Waals surface area contributed by atoms with Crippen molar-refractivity contribution in [1.29, 1.82) is 5.26 Å². The molecule has 0 amide bonds. The molecule has 0 radical (unpaired) electrons. The van der Waals surface area contributed by atoms with Gasteiger partial charge in [-0.2, -0.15) is 5.26 Å². The fraction of sp³-hybridized carbons (Fsp3) is 0.417. The number of fused-ring (bicyclic) bond motifs is 1. The molecule has 0 fully saturated rings. The molecule has 1 aromatic carbocycles. The van der Waals surface area contributed by atoms with Crippen molar-refractivity contribution >= 4 is 17.4 Å². The summed E-state index contributed by atoms with van der Waals surface area (Å²) in [7, 11) is 1.99. The van der Waals surface area contributed by atoms with Gasteiger partial charge in [-0.3, -0.25) is 0 Å². The number of hydrogen-bond donors (Lipinski definition) is 0. The average molecular weight is 236 g/mol. The predicted octanol–water partition coefficient (Wildman–Crippen LogP) is 3.04. The van der Waals surface area contributed by atoms with Crippen LogP contribution in [0.15, 0.2) is 23.1 Å². The molecule has 2 rings (SSSR count). The van der Waals surface area contributed by atoms with Gasteiger partial charge < -0.3 is 4.90 Å². The Hall–Kier alpha value is -1.21. The van der Waals surface area contributed by atoms with Crippen molar-refractivity contribution in [1.82, 2.24) is 0 Å². The van der Waals surface area contributed by atoms with Gasteiger partial charge >= 0.3 is 0 Å². The quantitative estimate of drug-likeness (QED) is 0.750. The van der Waals surface area contributed by atoms with E-state index >= 15 is 0 Å². The van der Waals surface area contributed by atoms with Crippen molar-refractivity contribution in [3.8, 4) is 6.07 Å². The third-order valence-corrected chi connectivity index (χ3v) is 4.47. The minimum Gasteiger partial charge on any atom is -0.370 e. The molecule has 16 heavy (non-hydrogen) atoms. The number of anilines is 1. The van der Waals surface area contributed by atoms with Crippen LogP contribution in [-0.4, -0.2) is 18.3 Å². The van der Waals surface area contributed by atoms with E-state index in [1.807, 2.05) is 7.05 Å². The van der Waals surface area contributed by atoms with Crippen LogP contribution in [0.4, 0.5) is 10.1 Å². The van der Waals surface area contributed by atoms with Crippen LogP contribution >= 0.6 is 11.8 Å². The average Bonchev–Trinajstić information content (AvgIpc) is 2.25. The molecule has 2 unspecified atom stereocenters. The number of hydrogen-bond acceptors (Lipinski definition) is 3. The molecule has 2 nitrogen and oxygen atoms in total. The summed E-state index contributed by atoms with van der Waals surface area (Å²) in [4.78, 5) is 3.05. The second-order valence-corrected chi connectivity index (χ2v) is 5.26. The molecule has 4 heteroatoms. The van der Waals surface area contributed by atoms with Crippen molar-refractivity contribution in [2.75, 3.05) is 11.9 Å². The van der Waals surface area contributed by atoms with Crippen LogP contribution in [-0.2, 0) is 0 Å². The van der Waals surface area contributed by atoms with E-state index in [0.29, 0.717) is 12.5 Å². The van der Waals surface area contributed by atoms with Crippen LogP contribution in [0, 0.1) is 17.1 Å². The van der Waals surface area contributed by atoms with E-state index in [2.05, 4.69) is 17.9 Å². The first-order valence-electron chi connectivity index (χ1n) is 5.19. The Labute approximate surface area is 99.1 Å². The van der Waals surface area contributed by atoms with E-state index in [0.717, 1.165) is 10.6 Å². The maximum Gasteiger partial charge on any atom is 0.124 e. The standard InChI is InChI=1S/C12H13FN2S/c1-8-11(5-6-14)16-12-7-9(13)3-4-10(12)15(8)2/h3-4,7-8,11H,5H2,1-2H3. The molecule has 0 bridgehead atoms. The predicted molar refractivity (Wildman–Crippen MR) is 64.1 cm³/mol. The first-order valence-corrected chi connectivity index (χ1v) is 6.07. The smallest absolute Gasteiger partial charge is 0.124 e. The van der Waals surface area contributed by atoms with Gasteiger partial charge in [0.1, 0.15) is 5.82 Å². The van der Waals surface area contributed by atoms with Gasteiger partial charge in [0.25, 0.3) is 0 Å². The third kappa shape index (κ3) is 1.88. The van der Waals surface area contributed by atoms with E-state index in [-0.39, 0.29) is 11.1 Å². The molecule has 0 aromatic heterocycles. The number of benzene rings is 1. The number of nitriles is 1. The molecular formula is C12H13FN2S. The third-order valence-electron chi connectivity index (χ3n) is 3.02. The molecule has 0 saturated heterocycles. The normalized spacial score (nSPS) is 23.8. The van der Waals surface area contributed by atoms with E-state index in [9.17, 15) is 4.39 Å². The van der Waals surface area contributed by atoms with Crippen LogP contribution in [0.2, 0.25) is 0 Å². The summed E-state index contributed by atoms with van der Waals surface area (Å²) in [5.41, 5.74) is 1.05. The number of halogens is 1. The Kier molecular flexibility index (Phi) is 3.06. The van der Waals surface area contributed by atoms with Gasteiger partial charge in [0.05, 0.1) is 11.8 Å². The summed E-state index contributed by atoms with van der Waals surface area (Å²) in [5.74, 6) is -0.218. The molecule has 0 spiro atoms. The maximum absolute atomic E-state index is 13.1. The Morgan fingerprint density at radius 3 is 3.00 bits per heavy atom. The van der Waals surface area contributed by atoms with Gasteiger partial charge in [0, 0.05) is 29.7 Å². The van der Waals surface area contributed by atoms with Crippen molar-refractivity contribution < 1.29 is 4.39 Å². The second kappa shape index (κ2) is 4.34. The van der Waals surface area contributed by atoms with E-state index < -0.39 is 0 Å². The molecule has 84 valence electrons. The molecule has 1 heterocycles. The summed E-state index contributed by atoms with van der Waals surface area (Å²) in [5, 5.41) is 8.98. The molecule has 1 aliphatic rings. The molecular weight excluding hydrogens is 223 g/mol. The van der Waals surface area contributed by atoms with Crippen molar-refractivity contribution in [2.45, 2.75) is 29.5 Å². The van der Waals surface area contributed by atoms with E-state index in [1.165, 1.54) is 6.07 Å².